The highest BCUT2D eigenvalue weighted by molar-refractivity contribution is 6.31. The molecule has 0 radical (unpaired) electrons. The normalized spacial score (nSPS) is 11.0. The van der Waals surface area contributed by atoms with Gasteiger partial charge in [-0.2, -0.15) is 0 Å². The molecule has 2 amide bonds. The second kappa shape index (κ2) is 8.20. The highest BCUT2D eigenvalue weighted by atomic mass is 35.5. The Kier molecular flexibility index (Phi) is 5.73. The van der Waals surface area contributed by atoms with E-state index in [2.05, 4.69) is 15.6 Å². The Bertz CT molecular complexity index is 983. The van der Waals surface area contributed by atoms with Gasteiger partial charge in [-0.15, -0.1) is 0 Å². The van der Waals surface area contributed by atoms with Crippen LogP contribution in [0.2, 0.25) is 5.02 Å². The summed E-state index contributed by atoms with van der Waals surface area (Å²) in [6.45, 7) is 1.19. The molecule has 0 bridgehead atoms. The first-order valence-electron chi connectivity index (χ1n) is 8.42. The molecule has 0 aliphatic heterocycles. The first kappa shape index (κ1) is 18.9. The van der Waals surface area contributed by atoms with E-state index in [0.717, 1.165) is 0 Å². The molecule has 2 aromatic heterocycles. The van der Waals surface area contributed by atoms with Crippen molar-refractivity contribution in [1.82, 2.24) is 19.6 Å². The van der Waals surface area contributed by atoms with Gasteiger partial charge in [0.2, 0.25) is 5.82 Å². The molecule has 140 valence electrons. The van der Waals surface area contributed by atoms with Crippen molar-refractivity contribution in [2.45, 2.75) is 0 Å². The van der Waals surface area contributed by atoms with Gasteiger partial charge in [0.25, 0.3) is 11.8 Å². The van der Waals surface area contributed by atoms with Gasteiger partial charge in [0.1, 0.15) is 0 Å². The molecule has 0 unspecified atom stereocenters. The van der Waals surface area contributed by atoms with Crippen LogP contribution in [0.1, 0.15) is 21.1 Å². The van der Waals surface area contributed by atoms with Crippen molar-refractivity contribution in [3.63, 3.8) is 0 Å². The zero-order valence-electron chi connectivity index (χ0n) is 15.1. The third kappa shape index (κ3) is 4.45. The minimum absolute atomic E-state index is 0.167. The van der Waals surface area contributed by atoms with Gasteiger partial charge in [0.05, 0.1) is 5.52 Å². The lowest BCUT2D eigenvalue weighted by Gasteiger charge is -2.09. The molecular formula is C19H20ClN5O2. The number of aromatic nitrogens is 2. The van der Waals surface area contributed by atoms with Crippen LogP contribution in [0.25, 0.3) is 5.52 Å². The van der Waals surface area contributed by atoms with Crippen LogP contribution in [0.3, 0.4) is 0 Å². The molecule has 1 aromatic carbocycles. The van der Waals surface area contributed by atoms with Crippen molar-refractivity contribution in [2.75, 3.05) is 32.5 Å². The Labute approximate surface area is 162 Å². The van der Waals surface area contributed by atoms with Crippen molar-refractivity contribution in [2.24, 2.45) is 0 Å². The quantitative estimate of drug-likeness (QED) is 0.683. The average Bonchev–Trinajstić information content (AvgIpc) is 3.01. The summed E-state index contributed by atoms with van der Waals surface area (Å²) in [5.74, 6) is -0.575. The summed E-state index contributed by atoms with van der Waals surface area (Å²) < 4.78 is 1.61. The SMILES string of the molecule is CN(C)CCNC(=O)c1nc(C(=O)Nc2cccc(Cl)c2)c2ccccn12. The molecule has 3 aromatic rings. The van der Waals surface area contributed by atoms with Gasteiger partial charge in [-0.3, -0.25) is 14.0 Å². The van der Waals surface area contributed by atoms with Crippen LogP contribution >= 0.6 is 11.6 Å². The second-order valence-corrected chi connectivity index (χ2v) is 6.70. The summed E-state index contributed by atoms with van der Waals surface area (Å²) in [5, 5.41) is 6.10. The number of likely N-dealkylation sites (N-methyl/N-ethyl adjacent to an activating group) is 1. The van der Waals surface area contributed by atoms with E-state index in [1.54, 1.807) is 53.1 Å². The maximum atomic E-state index is 12.7. The number of imidazole rings is 1. The molecular weight excluding hydrogens is 366 g/mol. The van der Waals surface area contributed by atoms with Gasteiger partial charge in [-0.25, -0.2) is 4.98 Å². The number of benzene rings is 1. The molecule has 3 rings (SSSR count). The standard InChI is InChI=1S/C19H20ClN5O2/c1-24(2)11-9-21-19(27)17-23-16(15-8-3-4-10-25(15)17)18(26)22-14-7-5-6-13(20)12-14/h3-8,10,12H,9,11H2,1-2H3,(H,21,27)(H,22,26). The number of hydrogen-bond acceptors (Lipinski definition) is 4. The van der Waals surface area contributed by atoms with E-state index in [1.165, 1.54) is 0 Å². The van der Waals surface area contributed by atoms with Gasteiger partial charge in [-0.1, -0.05) is 23.7 Å². The fourth-order valence-corrected chi connectivity index (χ4v) is 2.78. The monoisotopic (exact) mass is 385 g/mol. The van der Waals surface area contributed by atoms with Gasteiger partial charge < -0.3 is 15.5 Å². The highest BCUT2D eigenvalue weighted by Gasteiger charge is 2.21. The van der Waals surface area contributed by atoms with E-state index in [4.69, 9.17) is 11.6 Å². The molecule has 27 heavy (non-hydrogen) atoms. The van der Waals surface area contributed by atoms with Crippen LogP contribution in [0, 0.1) is 0 Å². The summed E-state index contributed by atoms with van der Waals surface area (Å²) in [6.07, 6.45) is 1.71. The number of carbonyl (C=O) groups excluding carboxylic acids is 2. The Morgan fingerprint density at radius 3 is 2.70 bits per heavy atom. The Morgan fingerprint density at radius 1 is 1.15 bits per heavy atom. The predicted molar refractivity (Wildman–Crippen MR) is 105 cm³/mol. The number of amides is 2. The number of hydrogen-bond donors (Lipinski definition) is 2. The minimum Gasteiger partial charge on any atom is -0.348 e. The van der Waals surface area contributed by atoms with E-state index >= 15 is 0 Å². The molecule has 0 saturated heterocycles. The number of nitrogens with one attached hydrogen (secondary N) is 2. The summed E-state index contributed by atoms with van der Waals surface area (Å²) in [4.78, 5) is 31.5. The molecule has 8 heteroatoms. The maximum Gasteiger partial charge on any atom is 0.287 e. The molecule has 0 aliphatic carbocycles. The molecule has 7 nitrogen and oxygen atoms in total. The lowest BCUT2D eigenvalue weighted by atomic mass is 10.3. The molecule has 0 fully saturated rings. The third-order valence-corrected chi connectivity index (χ3v) is 4.13. The summed E-state index contributed by atoms with van der Waals surface area (Å²) in [6, 6.07) is 12.2. The number of nitrogens with zero attached hydrogens (tertiary/aromatic N) is 3. The van der Waals surface area contributed by atoms with Crippen LogP contribution in [0.15, 0.2) is 48.7 Å². The minimum atomic E-state index is -0.409. The third-order valence-electron chi connectivity index (χ3n) is 3.89. The van der Waals surface area contributed by atoms with Crippen LogP contribution < -0.4 is 10.6 Å². The Balaban J connectivity index is 1.87. The van der Waals surface area contributed by atoms with Gasteiger partial charge in [0, 0.05) is 30.0 Å². The smallest absolute Gasteiger partial charge is 0.287 e. The summed E-state index contributed by atoms with van der Waals surface area (Å²) >= 11 is 5.96. The number of halogens is 1. The summed E-state index contributed by atoms with van der Waals surface area (Å²) in [5.41, 5.74) is 1.28. The maximum absolute atomic E-state index is 12.7. The summed E-state index contributed by atoms with van der Waals surface area (Å²) in [7, 11) is 3.85. The van der Waals surface area contributed by atoms with Crippen molar-refractivity contribution in [3.8, 4) is 0 Å². The largest absolute Gasteiger partial charge is 0.348 e. The molecule has 0 atom stereocenters. The number of fused-ring (bicyclic) bond motifs is 1. The first-order valence-corrected chi connectivity index (χ1v) is 8.80. The zero-order valence-corrected chi connectivity index (χ0v) is 15.8. The average molecular weight is 386 g/mol. The van der Waals surface area contributed by atoms with Gasteiger partial charge in [0.15, 0.2) is 5.69 Å². The van der Waals surface area contributed by atoms with E-state index in [1.807, 2.05) is 19.0 Å². The Morgan fingerprint density at radius 2 is 1.96 bits per heavy atom. The van der Waals surface area contributed by atoms with E-state index in [9.17, 15) is 9.59 Å². The molecule has 0 spiro atoms. The van der Waals surface area contributed by atoms with Crippen molar-refractivity contribution in [1.29, 1.82) is 0 Å². The van der Waals surface area contributed by atoms with Crippen molar-refractivity contribution < 1.29 is 9.59 Å². The molecule has 2 N–H and O–H groups in total. The predicted octanol–water partition coefficient (Wildman–Crippen LogP) is 2.53. The molecule has 2 heterocycles. The number of anilines is 1. The number of rotatable bonds is 6. The van der Waals surface area contributed by atoms with Crippen LogP contribution in [0.4, 0.5) is 5.69 Å². The fourth-order valence-electron chi connectivity index (χ4n) is 2.59. The molecule has 0 saturated carbocycles. The first-order chi connectivity index (χ1) is 13.0. The topological polar surface area (TPSA) is 78.7 Å². The van der Waals surface area contributed by atoms with Crippen molar-refractivity contribution in [3.05, 3.63) is 65.2 Å². The Hall–Kier alpha value is -2.90. The lowest BCUT2D eigenvalue weighted by Crippen LogP contribution is -2.32. The molecule has 0 aliphatic rings. The number of pyridine rings is 1. The van der Waals surface area contributed by atoms with E-state index in [-0.39, 0.29) is 17.4 Å². The van der Waals surface area contributed by atoms with Gasteiger partial charge >= 0.3 is 0 Å². The fraction of sp³-hybridized carbons (Fsp3) is 0.211. The second-order valence-electron chi connectivity index (χ2n) is 6.26. The van der Waals surface area contributed by atoms with Crippen molar-refractivity contribution >= 4 is 34.6 Å². The lowest BCUT2D eigenvalue weighted by molar-refractivity contribution is 0.0940. The zero-order chi connectivity index (χ0) is 19.4. The number of carbonyl (C=O) groups is 2. The van der Waals surface area contributed by atoms with Crippen LogP contribution in [-0.4, -0.2) is 53.3 Å². The van der Waals surface area contributed by atoms with Crippen LogP contribution in [0.5, 0.6) is 0 Å². The van der Waals surface area contributed by atoms with Gasteiger partial charge in [-0.05, 0) is 44.4 Å². The van der Waals surface area contributed by atoms with E-state index in [0.29, 0.717) is 29.3 Å². The highest BCUT2D eigenvalue weighted by Crippen LogP contribution is 2.18. The van der Waals surface area contributed by atoms with Crippen LogP contribution in [-0.2, 0) is 0 Å². The van der Waals surface area contributed by atoms with E-state index < -0.39 is 5.91 Å².